The molecule has 0 aliphatic heterocycles. The molecule has 0 aliphatic rings. The summed E-state index contributed by atoms with van der Waals surface area (Å²) in [7, 11) is -3.53. The van der Waals surface area contributed by atoms with Gasteiger partial charge in [-0.05, 0) is 17.7 Å². The van der Waals surface area contributed by atoms with E-state index in [1.165, 1.54) is 17.5 Å². The molecule has 0 unspecified atom stereocenters. The number of benzene rings is 1. The van der Waals surface area contributed by atoms with Gasteiger partial charge in [0.25, 0.3) is 0 Å². The molecule has 0 fully saturated rings. The van der Waals surface area contributed by atoms with Crippen LogP contribution in [0.25, 0.3) is 0 Å². The molecule has 8 heteroatoms. The van der Waals surface area contributed by atoms with E-state index in [1.807, 2.05) is 0 Å². The molecule has 106 valence electrons. The van der Waals surface area contributed by atoms with Crippen LogP contribution in [0.4, 0.5) is 5.13 Å². The van der Waals surface area contributed by atoms with Crippen LogP contribution >= 0.6 is 22.9 Å². The van der Waals surface area contributed by atoms with E-state index in [0.717, 1.165) is 0 Å². The van der Waals surface area contributed by atoms with E-state index < -0.39 is 21.5 Å². The predicted octanol–water partition coefficient (Wildman–Crippen LogP) is 2.35. The molecule has 0 radical (unpaired) electrons. The number of rotatable bonds is 5. The molecule has 2 aromatic rings. The minimum Gasteiger partial charge on any atom is -0.301 e. The Morgan fingerprint density at radius 1 is 1.30 bits per heavy atom. The van der Waals surface area contributed by atoms with Crippen LogP contribution in [0.5, 0.6) is 0 Å². The highest BCUT2D eigenvalue weighted by atomic mass is 35.5. The smallest absolute Gasteiger partial charge is 0.241 e. The first-order chi connectivity index (χ1) is 9.44. The third-order valence-electron chi connectivity index (χ3n) is 2.33. The van der Waals surface area contributed by atoms with E-state index in [0.29, 0.717) is 15.7 Å². The summed E-state index contributed by atoms with van der Waals surface area (Å²) in [6.45, 7) is 0. The molecule has 1 heterocycles. The summed E-state index contributed by atoms with van der Waals surface area (Å²) >= 11 is 6.96. The minimum atomic E-state index is -3.53. The average Bonchev–Trinajstić information content (AvgIpc) is 2.83. The van der Waals surface area contributed by atoms with E-state index >= 15 is 0 Å². The Kier molecular flexibility index (Phi) is 4.74. The second kappa shape index (κ2) is 6.34. The van der Waals surface area contributed by atoms with Crippen LogP contribution in [-0.4, -0.2) is 25.1 Å². The lowest BCUT2D eigenvalue weighted by Crippen LogP contribution is -2.23. The quantitative estimate of drug-likeness (QED) is 0.913. The molecule has 0 spiro atoms. The number of thiazole rings is 1. The summed E-state index contributed by atoms with van der Waals surface area (Å²) in [5.74, 6) is -1.36. The maximum absolute atomic E-state index is 11.9. The van der Waals surface area contributed by atoms with Crippen LogP contribution in [0, 0.1) is 0 Å². The highest BCUT2D eigenvalue weighted by Gasteiger charge is 2.18. The van der Waals surface area contributed by atoms with E-state index in [1.54, 1.807) is 29.6 Å². The Balaban J connectivity index is 1.96. The minimum absolute atomic E-state index is 0.199. The molecule has 1 aromatic heterocycles. The Bertz CT molecular complexity index is 682. The summed E-state index contributed by atoms with van der Waals surface area (Å²) in [5.41, 5.74) is 0.594. The van der Waals surface area contributed by atoms with E-state index in [9.17, 15) is 13.2 Å². The van der Waals surface area contributed by atoms with Gasteiger partial charge in [0.15, 0.2) is 15.0 Å². The Morgan fingerprint density at radius 2 is 2.00 bits per heavy atom. The third kappa shape index (κ3) is 4.59. The summed E-state index contributed by atoms with van der Waals surface area (Å²) < 4.78 is 23.8. The number of carbonyl (C=O) groups excluding carboxylic acids is 1. The lowest BCUT2D eigenvalue weighted by Gasteiger charge is -2.05. The van der Waals surface area contributed by atoms with Crippen LogP contribution < -0.4 is 5.32 Å². The molecule has 1 N–H and O–H groups in total. The molecular weight excluding hydrogens is 320 g/mol. The molecule has 0 saturated heterocycles. The van der Waals surface area contributed by atoms with Gasteiger partial charge in [0.1, 0.15) is 5.75 Å². The number of nitrogens with zero attached hydrogens (tertiary/aromatic N) is 1. The highest BCUT2D eigenvalue weighted by molar-refractivity contribution is 7.91. The second-order valence-electron chi connectivity index (χ2n) is 4.04. The number of halogens is 1. The molecule has 1 aromatic carbocycles. The fourth-order valence-electron chi connectivity index (χ4n) is 1.53. The van der Waals surface area contributed by atoms with Crippen molar-refractivity contribution in [3.8, 4) is 0 Å². The maximum Gasteiger partial charge on any atom is 0.241 e. The van der Waals surface area contributed by atoms with Crippen LogP contribution in [-0.2, 0) is 20.4 Å². The van der Waals surface area contributed by atoms with Gasteiger partial charge in [-0.15, -0.1) is 11.3 Å². The van der Waals surface area contributed by atoms with Crippen molar-refractivity contribution in [2.45, 2.75) is 5.75 Å². The van der Waals surface area contributed by atoms with Crippen molar-refractivity contribution in [3.05, 3.63) is 46.4 Å². The summed E-state index contributed by atoms with van der Waals surface area (Å²) in [6.07, 6.45) is 1.53. The molecule has 0 aliphatic carbocycles. The van der Waals surface area contributed by atoms with Crippen molar-refractivity contribution in [1.82, 2.24) is 4.98 Å². The van der Waals surface area contributed by atoms with E-state index in [-0.39, 0.29) is 5.75 Å². The standard InChI is InChI=1S/C12H11ClN2O3S2/c13-10-3-1-9(2-4-10)7-20(17,18)8-11(16)15-12-14-5-6-19-12/h1-6H,7-8H2,(H,14,15,16). The van der Waals surface area contributed by atoms with Gasteiger partial charge in [0.05, 0.1) is 5.75 Å². The number of carbonyl (C=O) groups is 1. The number of amides is 1. The fraction of sp³-hybridized carbons (Fsp3) is 0.167. The molecule has 0 atom stereocenters. The number of nitrogens with one attached hydrogen (secondary N) is 1. The Hall–Kier alpha value is -1.44. The van der Waals surface area contributed by atoms with E-state index in [4.69, 9.17) is 11.6 Å². The van der Waals surface area contributed by atoms with Gasteiger partial charge in [0, 0.05) is 16.6 Å². The van der Waals surface area contributed by atoms with Gasteiger partial charge >= 0.3 is 0 Å². The summed E-state index contributed by atoms with van der Waals surface area (Å²) in [6, 6.07) is 6.47. The fourth-order valence-corrected chi connectivity index (χ4v) is 3.47. The van der Waals surface area contributed by atoms with Crippen molar-refractivity contribution in [2.24, 2.45) is 0 Å². The zero-order chi connectivity index (χ0) is 14.6. The van der Waals surface area contributed by atoms with Gasteiger partial charge in [-0.1, -0.05) is 23.7 Å². The second-order valence-corrected chi connectivity index (χ2v) is 7.44. The molecule has 2 rings (SSSR count). The number of hydrogen-bond donors (Lipinski definition) is 1. The molecule has 20 heavy (non-hydrogen) atoms. The van der Waals surface area contributed by atoms with Gasteiger partial charge in [-0.2, -0.15) is 0 Å². The van der Waals surface area contributed by atoms with Crippen LogP contribution in [0.15, 0.2) is 35.8 Å². The first-order valence-corrected chi connectivity index (χ1v) is 8.67. The topological polar surface area (TPSA) is 76.1 Å². The van der Waals surface area contributed by atoms with Crippen LogP contribution in [0.1, 0.15) is 5.56 Å². The Labute approximate surface area is 125 Å². The zero-order valence-corrected chi connectivity index (χ0v) is 12.6. The van der Waals surface area contributed by atoms with Crippen LogP contribution in [0.3, 0.4) is 0 Å². The van der Waals surface area contributed by atoms with Crippen molar-refractivity contribution in [2.75, 3.05) is 11.1 Å². The SMILES string of the molecule is O=C(CS(=O)(=O)Cc1ccc(Cl)cc1)Nc1nccs1. The number of sulfone groups is 1. The first kappa shape index (κ1) is 15.0. The lowest BCUT2D eigenvalue weighted by atomic mass is 10.2. The highest BCUT2D eigenvalue weighted by Crippen LogP contribution is 2.13. The molecule has 1 amide bonds. The van der Waals surface area contributed by atoms with Crippen LogP contribution in [0.2, 0.25) is 5.02 Å². The van der Waals surface area contributed by atoms with Crippen molar-refractivity contribution in [3.63, 3.8) is 0 Å². The monoisotopic (exact) mass is 330 g/mol. The number of aromatic nitrogens is 1. The van der Waals surface area contributed by atoms with Gasteiger partial charge in [-0.3, -0.25) is 4.79 Å². The first-order valence-electron chi connectivity index (χ1n) is 5.59. The molecule has 5 nitrogen and oxygen atoms in total. The summed E-state index contributed by atoms with van der Waals surface area (Å²) in [4.78, 5) is 15.5. The van der Waals surface area contributed by atoms with Crippen molar-refractivity contribution < 1.29 is 13.2 Å². The zero-order valence-electron chi connectivity index (χ0n) is 10.2. The third-order valence-corrected chi connectivity index (χ3v) is 4.75. The largest absolute Gasteiger partial charge is 0.301 e. The molecule has 0 bridgehead atoms. The molecular formula is C12H11ClN2O3S2. The maximum atomic E-state index is 11.9. The van der Waals surface area contributed by atoms with Gasteiger partial charge in [0.2, 0.25) is 5.91 Å². The van der Waals surface area contributed by atoms with Gasteiger partial charge < -0.3 is 5.32 Å². The van der Waals surface area contributed by atoms with Crippen molar-refractivity contribution in [1.29, 1.82) is 0 Å². The average molecular weight is 331 g/mol. The predicted molar refractivity (Wildman–Crippen MR) is 79.7 cm³/mol. The normalized spacial score (nSPS) is 11.2. The summed E-state index contributed by atoms with van der Waals surface area (Å²) in [5, 5.41) is 5.05. The number of anilines is 1. The number of hydrogen-bond acceptors (Lipinski definition) is 5. The van der Waals surface area contributed by atoms with Crippen molar-refractivity contribution >= 4 is 43.8 Å². The van der Waals surface area contributed by atoms with E-state index in [2.05, 4.69) is 10.3 Å². The van der Waals surface area contributed by atoms with Gasteiger partial charge in [-0.25, -0.2) is 13.4 Å². The molecule has 0 saturated carbocycles. The lowest BCUT2D eigenvalue weighted by molar-refractivity contribution is -0.113. The Morgan fingerprint density at radius 3 is 2.60 bits per heavy atom.